The summed E-state index contributed by atoms with van der Waals surface area (Å²) in [6.07, 6.45) is 4.87. The molecule has 1 aromatic rings. The van der Waals surface area contributed by atoms with Crippen LogP contribution in [0.25, 0.3) is 0 Å². The number of aromatic hydroxyl groups is 1. The molecule has 0 radical (unpaired) electrons. The van der Waals surface area contributed by atoms with Crippen LogP contribution in [0.4, 0.5) is 0 Å². The van der Waals surface area contributed by atoms with E-state index < -0.39 is 11.7 Å². The van der Waals surface area contributed by atoms with E-state index in [1.807, 2.05) is 0 Å². The number of ketones is 1. The van der Waals surface area contributed by atoms with Gasteiger partial charge in [-0.1, -0.05) is 6.42 Å². The van der Waals surface area contributed by atoms with Gasteiger partial charge in [-0.25, -0.2) is 4.79 Å². The molecule has 0 aromatic heterocycles. The van der Waals surface area contributed by atoms with Crippen molar-refractivity contribution in [3.05, 3.63) is 23.3 Å². The molecule has 1 aliphatic carbocycles. The molecule has 0 atom stereocenters. The number of hydrogen-bond donors (Lipinski definition) is 2. The fourth-order valence-electron chi connectivity index (χ4n) is 2.49. The van der Waals surface area contributed by atoms with Gasteiger partial charge >= 0.3 is 5.97 Å². The molecule has 0 bridgehead atoms. The highest BCUT2D eigenvalue weighted by Gasteiger charge is 2.24. The van der Waals surface area contributed by atoms with E-state index in [-0.39, 0.29) is 28.8 Å². The highest BCUT2D eigenvalue weighted by Crippen LogP contribution is 2.36. The number of carbonyl (C=O) groups is 2. The van der Waals surface area contributed by atoms with E-state index >= 15 is 0 Å². The average Bonchev–Trinajstić information content (AvgIpc) is 2.41. The molecule has 20 heavy (non-hydrogen) atoms. The van der Waals surface area contributed by atoms with Gasteiger partial charge in [-0.05, 0) is 44.7 Å². The standard InChI is InChI=1S/C15H18O5/c1-9(16)11-7-8-12(15(18)19)13(17)14(11)20-10-5-3-2-4-6-10/h7-8,10,17H,2-6H2,1H3,(H,18,19). The SMILES string of the molecule is CC(=O)c1ccc(C(=O)O)c(O)c1OC1CCCCC1. The first-order chi connectivity index (χ1) is 9.50. The van der Waals surface area contributed by atoms with Crippen molar-refractivity contribution in [1.82, 2.24) is 0 Å². The molecule has 0 amide bonds. The maximum Gasteiger partial charge on any atom is 0.339 e. The number of rotatable bonds is 4. The maximum atomic E-state index is 11.6. The van der Waals surface area contributed by atoms with E-state index in [9.17, 15) is 14.7 Å². The van der Waals surface area contributed by atoms with Gasteiger partial charge in [0.25, 0.3) is 0 Å². The summed E-state index contributed by atoms with van der Waals surface area (Å²) in [5.74, 6) is -1.96. The minimum Gasteiger partial charge on any atom is -0.504 e. The summed E-state index contributed by atoms with van der Waals surface area (Å²) in [5, 5.41) is 19.1. The topological polar surface area (TPSA) is 83.8 Å². The minimum atomic E-state index is -1.24. The Balaban J connectivity index is 2.38. The molecule has 108 valence electrons. The van der Waals surface area contributed by atoms with E-state index in [0.717, 1.165) is 32.1 Å². The third-order valence-electron chi connectivity index (χ3n) is 3.58. The van der Waals surface area contributed by atoms with Crippen molar-refractivity contribution < 1.29 is 24.5 Å². The van der Waals surface area contributed by atoms with Crippen LogP contribution < -0.4 is 4.74 Å². The molecular formula is C15H18O5. The Morgan fingerprint density at radius 1 is 1.15 bits per heavy atom. The lowest BCUT2D eigenvalue weighted by atomic mass is 9.97. The number of carbonyl (C=O) groups excluding carboxylic acids is 1. The van der Waals surface area contributed by atoms with Gasteiger partial charge in [-0.15, -0.1) is 0 Å². The van der Waals surface area contributed by atoms with Gasteiger partial charge in [-0.3, -0.25) is 4.79 Å². The van der Waals surface area contributed by atoms with E-state index in [2.05, 4.69) is 0 Å². The van der Waals surface area contributed by atoms with Gasteiger partial charge in [0, 0.05) is 0 Å². The predicted octanol–water partition coefficient (Wildman–Crippen LogP) is 3.00. The van der Waals surface area contributed by atoms with Crippen LogP contribution in [0.2, 0.25) is 0 Å². The highest BCUT2D eigenvalue weighted by atomic mass is 16.5. The van der Waals surface area contributed by atoms with E-state index in [4.69, 9.17) is 9.84 Å². The summed E-state index contributed by atoms with van der Waals surface area (Å²) >= 11 is 0. The molecule has 0 unspecified atom stereocenters. The van der Waals surface area contributed by atoms with Gasteiger partial charge in [0.2, 0.25) is 0 Å². The van der Waals surface area contributed by atoms with Crippen molar-refractivity contribution >= 4 is 11.8 Å². The van der Waals surface area contributed by atoms with Crippen LogP contribution in [0.1, 0.15) is 59.7 Å². The molecule has 1 aliphatic rings. The number of Topliss-reactive ketones (excluding diaryl/α,β-unsaturated/α-hetero) is 1. The first kappa shape index (κ1) is 14.4. The second-order valence-electron chi connectivity index (χ2n) is 5.08. The molecule has 1 saturated carbocycles. The van der Waals surface area contributed by atoms with Crippen molar-refractivity contribution in [2.45, 2.75) is 45.1 Å². The number of aromatic carboxylic acids is 1. The quantitative estimate of drug-likeness (QED) is 0.827. The Labute approximate surface area is 117 Å². The zero-order valence-corrected chi connectivity index (χ0v) is 11.4. The Morgan fingerprint density at radius 3 is 2.30 bits per heavy atom. The number of benzene rings is 1. The van der Waals surface area contributed by atoms with E-state index in [1.165, 1.54) is 19.1 Å². The third-order valence-corrected chi connectivity index (χ3v) is 3.58. The number of ether oxygens (including phenoxy) is 1. The lowest BCUT2D eigenvalue weighted by Crippen LogP contribution is -2.21. The van der Waals surface area contributed by atoms with Crippen LogP contribution in [-0.4, -0.2) is 28.1 Å². The number of phenols is 1. The second kappa shape index (κ2) is 5.94. The summed E-state index contributed by atoms with van der Waals surface area (Å²) in [5.41, 5.74) is -0.0288. The molecule has 0 heterocycles. The molecule has 1 fully saturated rings. The minimum absolute atomic E-state index is 0.00398. The molecule has 2 N–H and O–H groups in total. The summed E-state index contributed by atoms with van der Waals surface area (Å²) in [4.78, 5) is 22.6. The zero-order valence-electron chi connectivity index (χ0n) is 11.4. The lowest BCUT2D eigenvalue weighted by molar-refractivity contribution is 0.0690. The molecule has 0 aliphatic heterocycles. The van der Waals surface area contributed by atoms with Gasteiger partial charge in [0.15, 0.2) is 17.3 Å². The van der Waals surface area contributed by atoms with E-state index in [1.54, 1.807) is 0 Å². The van der Waals surface area contributed by atoms with Crippen molar-refractivity contribution in [3.63, 3.8) is 0 Å². The summed E-state index contributed by atoms with van der Waals surface area (Å²) in [6.45, 7) is 1.36. The molecule has 0 spiro atoms. The summed E-state index contributed by atoms with van der Waals surface area (Å²) in [7, 11) is 0. The van der Waals surface area contributed by atoms with E-state index in [0.29, 0.717) is 0 Å². The van der Waals surface area contributed by atoms with Crippen LogP contribution in [0.5, 0.6) is 11.5 Å². The largest absolute Gasteiger partial charge is 0.504 e. The zero-order chi connectivity index (χ0) is 14.7. The monoisotopic (exact) mass is 278 g/mol. The second-order valence-corrected chi connectivity index (χ2v) is 5.08. The molecular weight excluding hydrogens is 260 g/mol. The van der Waals surface area contributed by atoms with Crippen molar-refractivity contribution in [1.29, 1.82) is 0 Å². The highest BCUT2D eigenvalue weighted by molar-refractivity contribution is 6.01. The fourth-order valence-corrected chi connectivity index (χ4v) is 2.49. The normalized spacial score (nSPS) is 15.8. The number of hydrogen-bond acceptors (Lipinski definition) is 4. The lowest BCUT2D eigenvalue weighted by Gasteiger charge is -2.24. The van der Waals surface area contributed by atoms with Gasteiger partial charge in [0.1, 0.15) is 5.56 Å². The van der Waals surface area contributed by atoms with Gasteiger partial charge in [-0.2, -0.15) is 0 Å². The Hall–Kier alpha value is -2.04. The van der Waals surface area contributed by atoms with Crippen LogP contribution in [0.15, 0.2) is 12.1 Å². The van der Waals surface area contributed by atoms with Gasteiger partial charge < -0.3 is 14.9 Å². The van der Waals surface area contributed by atoms with Crippen LogP contribution in [0.3, 0.4) is 0 Å². The van der Waals surface area contributed by atoms with Crippen LogP contribution in [0, 0.1) is 0 Å². The van der Waals surface area contributed by atoms with Crippen molar-refractivity contribution in [3.8, 4) is 11.5 Å². The fraction of sp³-hybridized carbons (Fsp3) is 0.467. The summed E-state index contributed by atoms with van der Waals surface area (Å²) in [6, 6.07) is 2.62. The van der Waals surface area contributed by atoms with Crippen LogP contribution >= 0.6 is 0 Å². The number of carboxylic acid groups (broad SMARTS) is 1. The van der Waals surface area contributed by atoms with Crippen molar-refractivity contribution in [2.24, 2.45) is 0 Å². The van der Waals surface area contributed by atoms with Crippen molar-refractivity contribution in [2.75, 3.05) is 0 Å². The first-order valence-electron chi connectivity index (χ1n) is 6.77. The molecule has 2 rings (SSSR count). The smallest absolute Gasteiger partial charge is 0.339 e. The molecule has 5 nitrogen and oxygen atoms in total. The average molecular weight is 278 g/mol. The van der Waals surface area contributed by atoms with Gasteiger partial charge in [0.05, 0.1) is 11.7 Å². The molecule has 5 heteroatoms. The number of carboxylic acids is 1. The predicted molar refractivity (Wildman–Crippen MR) is 72.6 cm³/mol. The molecule has 1 aromatic carbocycles. The Kier molecular flexibility index (Phi) is 4.27. The van der Waals surface area contributed by atoms with Crippen LogP contribution in [-0.2, 0) is 0 Å². The first-order valence-corrected chi connectivity index (χ1v) is 6.77. The third kappa shape index (κ3) is 2.92. The summed E-state index contributed by atoms with van der Waals surface area (Å²) < 4.78 is 5.74. The molecule has 0 saturated heterocycles. The maximum absolute atomic E-state index is 11.6. The Bertz CT molecular complexity index is 529. The Morgan fingerprint density at radius 2 is 1.75 bits per heavy atom.